The van der Waals surface area contributed by atoms with Gasteiger partial charge in [0.1, 0.15) is 11.8 Å². The van der Waals surface area contributed by atoms with Crippen LogP contribution in [0.3, 0.4) is 0 Å². The van der Waals surface area contributed by atoms with Crippen LogP contribution in [0.1, 0.15) is 39.6 Å². The minimum Gasteiger partial charge on any atom is -0.497 e. The Morgan fingerprint density at radius 1 is 0.925 bits per heavy atom. The molecule has 1 saturated heterocycles. The number of rotatable bonds is 10. The lowest BCUT2D eigenvalue weighted by molar-refractivity contribution is -0.131. The Morgan fingerprint density at radius 2 is 1.57 bits per heavy atom. The highest BCUT2D eigenvalue weighted by Gasteiger charge is 2.44. The van der Waals surface area contributed by atoms with Crippen LogP contribution in [0.2, 0.25) is 0 Å². The molecule has 4 rings (SSSR count). The Hall–Kier alpha value is -4.77. The van der Waals surface area contributed by atoms with E-state index in [1.165, 1.54) is 29.2 Å². The first-order chi connectivity index (χ1) is 19.3. The second kappa shape index (κ2) is 12.9. The molecule has 3 amide bonds. The molecule has 1 aliphatic rings. The summed E-state index contributed by atoms with van der Waals surface area (Å²) < 4.78 is 10.1. The number of hydrazine groups is 1. The molecular formula is C29H28N4O6S. The van der Waals surface area contributed by atoms with Crippen molar-refractivity contribution in [1.82, 2.24) is 15.3 Å². The normalized spacial score (nSPS) is 14.6. The van der Waals surface area contributed by atoms with Crippen molar-refractivity contribution in [3.05, 3.63) is 95.6 Å². The first-order valence-corrected chi connectivity index (χ1v) is 12.9. The molecule has 0 aromatic heterocycles. The highest BCUT2D eigenvalue weighted by molar-refractivity contribution is 7.80. The summed E-state index contributed by atoms with van der Waals surface area (Å²) in [6, 6.07) is 20.8. The summed E-state index contributed by atoms with van der Waals surface area (Å²) >= 11 is 5.59. The molecule has 2 N–H and O–H groups in total. The summed E-state index contributed by atoms with van der Waals surface area (Å²) in [4.78, 5) is 52.8. The van der Waals surface area contributed by atoms with E-state index in [2.05, 4.69) is 10.7 Å². The van der Waals surface area contributed by atoms with Crippen molar-refractivity contribution in [1.29, 1.82) is 0 Å². The molecule has 3 aromatic rings. The minimum absolute atomic E-state index is 0.0762. The van der Waals surface area contributed by atoms with Gasteiger partial charge in [-0.3, -0.25) is 24.7 Å². The van der Waals surface area contributed by atoms with Crippen molar-refractivity contribution in [2.24, 2.45) is 0 Å². The number of nitrogens with one attached hydrogen (secondary N) is 2. The molecule has 10 nitrogen and oxygen atoms in total. The second-order valence-corrected chi connectivity index (χ2v) is 9.16. The molecular weight excluding hydrogens is 532 g/mol. The zero-order valence-electron chi connectivity index (χ0n) is 22.0. The minimum atomic E-state index is -1.07. The maximum absolute atomic E-state index is 13.5. The number of nitrogens with zero attached hydrogens (tertiary/aromatic N) is 2. The summed E-state index contributed by atoms with van der Waals surface area (Å²) in [6.07, 6.45) is -0.285. The molecule has 0 aliphatic carbocycles. The van der Waals surface area contributed by atoms with Gasteiger partial charge in [-0.05, 0) is 73.2 Å². The standard InChI is InChI=1S/C29H28N4O6S/c1-3-39-28(37)21-9-13-22(14-10-21)30-25(34)17-24-27(36)32(18-19-7-5-4-6-8-19)29(40)33(24)31-26(35)20-11-15-23(38-2)16-12-20/h4-16,24H,3,17-18H2,1-2H3,(H,30,34)(H,31,35). The Morgan fingerprint density at radius 3 is 2.20 bits per heavy atom. The van der Waals surface area contributed by atoms with Gasteiger partial charge in [-0.2, -0.15) is 0 Å². The summed E-state index contributed by atoms with van der Waals surface area (Å²) in [5.74, 6) is -1.28. The topological polar surface area (TPSA) is 117 Å². The van der Waals surface area contributed by atoms with Crippen LogP contribution in [0.4, 0.5) is 5.69 Å². The number of anilines is 1. The molecule has 1 fully saturated rings. The average Bonchev–Trinajstić information content (AvgIpc) is 3.17. The second-order valence-electron chi connectivity index (χ2n) is 8.80. The number of hydrogen-bond donors (Lipinski definition) is 2. The fourth-order valence-electron chi connectivity index (χ4n) is 4.07. The Bertz CT molecular complexity index is 1400. The van der Waals surface area contributed by atoms with Gasteiger partial charge in [0.15, 0.2) is 5.11 Å². The molecule has 3 aromatic carbocycles. The number of esters is 1. The molecule has 1 atom stereocenters. The monoisotopic (exact) mass is 560 g/mol. The van der Waals surface area contributed by atoms with Crippen molar-refractivity contribution >= 4 is 46.7 Å². The SMILES string of the molecule is CCOC(=O)c1ccc(NC(=O)CC2C(=O)N(Cc3ccccc3)C(=S)N2NC(=O)c2ccc(OC)cc2)cc1. The zero-order valence-corrected chi connectivity index (χ0v) is 22.8. The molecule has 206 valence electrons. The van der Waals surface area contributed by atoms with Crippen LogP contribution < -0.4 is 15.5 Å². The first-order valence-electron chi connectivity index (χ1n) is 12.5. The Labute approximate surface area is 236 Å². The predicted molar refractivity (Wildman–Crippen MR) is 151 cm³/mol. The lowest BCUT2D eigenvalue weighted by Crippen LogP contribution is -2.49. The van der Waals surface area contributed by atoms with E-state index in [-0.39, 0.29) is 24.7 Å². The third-order valence-corrected chi connectivity index (χ3v) is 6.53. The number of carbonyl (C=O) groups is 4. The van der Waals surface area contributed by atoms with Gasteiger partial charge in [0.05, 0.1) is 32.2 Å². The van der Waals surface area contributed by atoms with E-state index in [9.17, 15) is 19.2 Å². The number of thiocarbonyl (C=S) groups is 1. The number of ether oxygens (including phenoxy) is 2. The van der Waals surface area contributed by atoms with Crippen molar-refractivity contribution in [3.63, 3.8) is 0 Å². The Kier molecular flexibility index (Phi) is 9.07. The quantitative estimate of drug-likeness (QED) is 0.286. The van der Waals surface area contributed by atoms with E-state index in [1.54, 1.807) is 43.3 Å². The van der Waals surface area contributed by atoms with Crippen molar-refractivity contribution in [3.8, 4) is 5.75 Å². The molecule has 1 heterocycles. The number of carbonyl (C=O) groups excluding carboxylic acids is 4. The van der Waals surface area contributed by atoms with Gasteiger partial charge in [-0.15, -0.1) is 0 Å². The molecule has 0 radical (unpaired) electrons. The van der Waals surface area contributed by atoms with Gasteiger partial charge in [-0.1, -0.05) is 30.3 Å². The fourth-order valence-corrected chi connectivity index (χ4v) is 4.40. The van der Waals surface area contributed by atoms with Crippen molar-refractivity contribution < 1.29 is 28.7 Å². The average molecular weight is 561 g/mol. The Balaban J connectivity index is 1.51. The molecule has 1 unspecified atom stereocenters. The van der Waals surface area contributed by atoms with E-state index in [0.29, 0.717) is 22.6 Å². The van der Waals surface area contributed by atoms with Gasteiger partial charge >= 0.3 is 5.97 Å². The summed E-state index contributed by atoms with van der Waals surface area (Å²) in [6.45, 7) is 2.15. The van der Waals surface area contributed by atoms with Crippen LogP contribution in [-0.4, -0.2) is 58.5 Å². The predicted octanol–water partition coefficient (Wildman–Crippen LogP) is 3.54. The molecule has 0 saturated carbocycles. The summed E-state index contributed by atoms with van der Waals surface area (Å²) in [7, 11) is 1.52. The number of hydrogen-bond acceptors (Lipinski definition) is 7. The van der Waals surface area contributed by atoms with Crippen molar-refractivity contribution in [2.45, 2.75) is 25.9 Å². The zero-order chi connectivity index (χ0) is 28.6. The van der Waals surface area contributed by atoms with Crippen LogP contribution in [0.15, 0.2) is 78.9 Å². The third-order valence-electron chi connectivity index (χ3n) is 6.12. The fraction of sp³-hybridized carbons (Fsp3) is 0.207. The van der Waals surface area contributed by atoms with E-state index < -0.39 is 29.7 Å². The van der Waals surface area contributed by atoms with Crippen LogP contribution >= 0.6 is 12.2 Å². The van der Waals surface area contributed by atoms with E-state index in [4.69, 9.17) is 21.7 Å². The smallest absolute Gasteiger partial charge is 0.338 e. The van der Waals surface area contributed by atoms with E-state index in [1.807, 2.05) is 30.3 Å². The van der Waals surface area contributed by atoms with Gasteiger partial charge in [0, 0.05) is 11.3 Å². The number of benzene rings is 3. The lowest BCUT2D eigenvalue weighted by Gasteiger charge is -2.24. The molecule has 40 heavy (non-hydrogen) atoms. The van der Waals surface area contributed by atoms with Crippen LogP contribution in [0.25, 0.3) is 0 Å². The molecule has 0 spiro atoms. The van der Waals surface area contributed by atoms with E-state index in [0.717, 1.165) is 5.56 Å². The summed E-state index contributed by atoms with van der Waals surface area (Å²) in [5, 5.41) is 4.06. The number of amides is 3. The van der Waals surface area contributed by atoms with E-state index >= 15 is 0 Å². The maximum atomic E-state index is 13.5. The van der Waals surface area contributed by atoms with Gasteiger partial charge in [-0.25, -0.2) is 9.80 Å². The maximum Gasteiger partial charge on any atom is 0.338 e. The van der Waals surface area contributed by atoms with Gasteiger partial charge in [0.25, 0.3) is 11.8 Å². The molecule has 0 bridgehead atoms. The first kappa shape index (κ1) is 28.2. The number of methoxy groups -OCH3 is 1. The molecule has 11 heteroatoms. The van der Waals surface area contributed by atoms with Crippen LogP contribution in [0, 0.1) is 0 Å². The third kappa shape index (κ3) is 6.62. The highest BCUT2D eigenvalue weighted by atomic mass is 32.1. The van der Waals surface area contributed by atoms with Crippen molar-refractivity contribution in [2.75, 3.05) is 19.0 Å². The largest absolute Gasteiger partial charge is 0.497 e. The van der Waals surface area contributed by atoms with Crippen LogP contribution in [-0.2, 0) is 20.9 Å². The van der Waals surface area contributed by atoms with Crippen LogP contribution in [0.5, 0.6) is 5.75 Å². The van der Waals surface area contributed by atoms with Gasteiger partial charge in [0.2, 0.25) is 5.91 Å². The molecule has 1 aliphatic heterocycles. The lowest BCUT2D eigenvalue weighted by atomic mass is 10.1. The highest BCUT2D eigenvalue weighted by Crippen LogP contribution is 2.23. The summed E-state index contributed by atoms with van der Waals surface area (Å²) in [5.41, 5.74) is 4.64. The van der Waals surface area contributed by atoms with Gasteiger partial charge < -0.3 is 14.8 Å².